The first kappa shape index (κ1) is 24.6. The van der Waals surface area contributed by atoms with Gasteiger partial charge >= 0.3 is 12.1 Å². The molecule has 0 aromatic heterocycles. The Morgan fingerprint density at radius 2 is 1.82 bits per heavy atom. The number of alkyl halides is 3. The molecule has 0 bridgehead atoms. The normalized spacial score (nSPS) is 15.3. The van der Waals surface area contributed by atoms with Crippen molar-refractivity contribution in [2.45, 2.75) is 51.8 Å². The summed E-state index contributed by atoms with van der Waals surface area (Å²) in [5, 5.41) is 8.82. The molecule has 2 aromatic carbocycles. The van der Waals surface area contributed by atoms with Crippen molar-refractivity contribution in [3.63, 3.8) is 0 Å². The maximum Gasteiger partial charge on any atom is 0.416 e. The van der Waals surface area contributed by atoms with Gasteiger partial charge in [0, 0.05) is 5.56 Å². The zero-order valence-corrected chi connectivity index (χ0v) is 18.5. The summed E-state index contributed by atoms with van der Waals surface area (Å²) < 4.78 is 43.5. The van der Waals surface area contributed by atoms with Gasteiger partial charge in [0.2, 0.25) is 0 Å². The highest BCUT2D eigenvalue weighted by Gasteiger charge is 2.29. The van der Waals surface area contributed by atoms with Gasteiger partial charge in [0.1, 0.15) is 5.75 Å². The maximum atomic E-state index is 12.7. The third-order valence-electron chi connectivity index (χ3n) is 5.59. The Bertz CT molecular complexity index is 965. The van der Waals surface area contributed by atoms with Crippen molar-refractivity contribution in [1.82, 2.24) is 5.48 Å². The number of carboxylic acids is 1. The second-order valence-electron chi connectivity index (χ2n) is 8.23. The minimum Gasteiger partial charge on any atom is -0.482 e. The zero-order chi connectivity index (χ0) is 23.8. The third-order valence-corrected chi connectivity index (χ3v) is 5.59. The van der Waals surface area contributed by atoms with Crippen LogP contribution in [-0.2, 0) is 22.4 Å². The molecule has 0 radical (unpaired) electrons. The second-order valence-corrected chi connectivity index (χ2v) is 8.23. The van der Waals surface area contributed by atoms with Crippen molar-refractivity contribution in [3.05, 3.63) is 70.8 Å². The zero-order valence-electron chi connectivity index (χ0n) is 18.5. The summed E-state index contributed by atoms with van der Waals surface area (Å²) in [5.41, 5.74) is 5.30. The number of hydrogen-bond donors (Lipinski definition) is 2. The maximum absolute atomic E-state index is 12.7. The number of hydrogen-bond acceptors (Lipinski definition) is 4. The van der Waals surface area contributed by atoms with Crippen LogP contribution in [0.3, 0.4) is 0 Å². The van der Waals surface area contributed by atoms with Crippen LogP contribution in [0.15, 0.2) is 48.5 Å². The average Bonchev–Trinajstić information content (AvgIpc) is 2.78. The topological polar surface area (TPSA) is 67.8 Å². The number of carboxylic acid groups (broad SMARTS) is 1. The Morgan fingerprint density at radius 1 is 1.12 bits per heavy atom. The van der Waals surface area contributed by atoms with Crippen LogP contribution in [0.5, 0.6) is 5.75 Å². The van der Waals surface area contributed by atoms with E-state index in [0.29, 0.717) is 17.2 Å². The van der Waals surface area contributed by atoms with Crippen LogP contribution < -0.4 is 10.2 Å². The molecule has 2 N–H and O–H groups in total. The molecule has 1 aliphatic carbocycles. The van der Waals surface area contributed by atoms with Gasteiger partial charge in [-0.3, -0.25) is 10.3 Å². The summed E-state index contributed by atoms with van der Waals surface area (Å²) in [6, 6.07) is 10.3. The molecule has 0 saturated heterocycles. The molecule has 3 rings (SSSR count). The number of aliphatic carboxylic acids is 1. The smallest absolute Gasteiger partial charge is 0.416 e. The average molecular weight is 463 g/mol. The van der Waals surface area contributed by atoms with Crippen molar-refractivity contribution in [3.8, 4) is 5.75 Å². The van der Waals surface area contributed by atoms with Crippen molar-refractivity contribution in [1.29, 1.82) is 0 Å². The summed E-state index contributed by atoms with van der Waals surface area (Å²) in [6.45, 7) is 1.51. The van der Waals surface area contributed by atoms with Crippen LogP contribution in [0.4, 0.5) is 13.2 Å². The van der Waals surface area contributed by atoms with Gasteiger partial charge in [0.25, 0.3) is 0 Å². The van der Waals surface area contributed by atoms with Gasteiger partial charge in [-0.2, -0.15) is 13.2 Å². The number of nitrogens with one attached hydrogen (secondary N) is 1. The van der Waals surface area contributed by atoms with E-state index in [1.807, 2.05) is 19.1 Å². The van der Waals surface area contributed by atoms with Crippen LogP contribution in [0.2, 0.25) is 0 Å². The molecule has 1 saturated carbocycles. The number of carbonyl (C=O) groups is 1. The monoisotopic (exact) mass is 463 g/mol. The number of allylic oxidation sites excluding steroid dienone is 1. The molecule has 33 heavy (non-hydrogen) atoms. The van der Waals surface area contributed by atoms with E-state index in [4.69, 9.17) is 14.7 Å². The van der Waals surface area contributed by atoms with Gasteiger partial charge in [0.15, 0.2) is 6.61 Å². The Labute approximate surface area is 191 Å². The second kappa shape index (κ2) is 11.2. The van der Waals surface area contributed by atoms with Gasteiger partial charge in [-0.25, -0.2) is 4.79 Å². The number of hydroxylamine groups is 1. The molecular weight excluding hydrogens is 435 g/mol. The largest absolute Gasteiger partial charge is 0.482 e. The Hall–Kier alpha value is -3.00. The lowest BCUT2D eigenvalue weighted by atomic mass is 9.88. The molecule has 1 aliphatic rings. The van der Waals surface area contributed by atoms with Gasteiger partial charge in [-0.15, -0.1) is 0 Å². The predicted molar refractivity (Wildman–Crippen MR) is 118 cm³/mol. The molecule has 0 amide bonds. The number of halogens is 3. The first-order chi connectivity index (χ1) is 15.7. The van der Waals surface area contributed by atoms with Gasteiger partial charge in [0.05, 0.1) is 17.9 Å². The van der Waals surface area contributed by atoms with Crippen molar-refractivity contribution >= 4 is 11.7 Å². The number of aryl methyl sites for hydroxylation is 1. The molecule has 178 valence electrons. The highest BCUT2D eigenvalue weighted by molar-refractivity contribution is 5.69. The van der Waals surface area contributed by atoms with Gasteiger partial charge in [-0.05, 0) is 67.1 Å². The summed E-state index contributed by atoms with van der Waals surface area (Å²) >= 11 is 0. The number of rotatable bonds is 9. The van der Waals surface area contributed by atoms with E-state index < -0.39 is 24.3 Å². The van der Waals surface area contributed by atoms with E-state index in [-0.39, 0.29) is 6.61 Å². The molecule has 5 nitrogen and oxygen atoms in total. The SMILES string of the molecule is Cc1cc(C(=CC2CCCCC2)NOCc2ccc(C(F)(F)F)cc2)ccc1OCC(=O)O. The van der Waals surface area contributed by atoms with E-state index in [0.717, 1.165) is 41.8 Å². The molecule has 0 atom stereocenters. The Morgan fingerprint density at radius 3 is 2.42 bits per heavy atom. The molecule has 0 heterocycles. The van der Waals surface area contributed by atoms with Crippen LogP contribution in [0.1, 0.15) is 54.4 Å². The molecule has 0 aliphatic heterocycles. The van der Waals surface area contributed by atoms with Crippen molar-refractivity contribution in [2.24, 2.45) is 5.92 Å². The minimum absolute atomic E-state index is 0.0962. The fourth-order valence-electron chi connectivity index (χ4n) is 3.83. The minimum atomic E-state index is -4.37. The van der Waals surface area contributed by atoms with Crippen LogP contribution in [0.25, 0.3) is 5.70 Å². The van der Waals surface area contributed by atoms with E-state index >= 15 is 0 Å². The van der Waals surface area contributed by atoms with Gasteiger partial charge < -0.3 is 9.84 Å². The van der Waals surface area contributed by atoms with E-state index in [9.17, 15) is 18.0 Å². The molecule has 0 spiro atoms. The first-order valence-corrected chi connectivity index (χ1v) is 10.9. The van der Waals surface area contributed by atoms with Crippen LogP contribution in [0, 0.1) is 12.8 Å². The summed E-state index contributed by atoms with van der Waals surface area (Å²) in [4.78, 5) is 16.4. The fourth-order valence-corrected chi connectivity index (χ4v) is 3.83. The highest BCUT2D eigenvalue weighted by atomic mass is 19.4. The third kappa shape index (κ3) is 7.53. The summed E-state index contributed by atoms with van der Waals surface area (Å²) in [6.07, 6.45) is 3.51. The standard InChI is InChI=1S/C25H28F3NO4/c1-17-13-20(9-12-23(17)32-16-24(30)31)22(14-18-5-3-2-4-6-18)29-33-15-19-7-10-21(11-8-19)25(26,27)28/h7-14,18,29H,2-6,15-16H2,1H3,(H,30,31). The number of benzene rings is 2. The van der Waals surface area contributed by atoms with Crippen molar-refractivity contribution in [2.75, 3.05) is 6.61 Å². The van der Waals surface area contributed by atoms with E-state index in [1.165, 1.54) is 31.4 Å². The predicted octanol–water partition coefficient (Wildman–Crippen LogP) is 6.12. The highest BCUT2D eigenvalue weighted by Crippen LogP contribution is 2.30. The quantitative estimate of drug-likeness (QED) is 0.439. The Balaban J connectivity index is 1.71. The lowest BCUT2D eigenvalue weighted by molar-refractivity contribution is -0.139. The van der Waals surface area contributed by atoms with Gasteiger partial charge in [-0.1, -0.05) is 37.5 Å². The van der Waals surface area contributed by atoms with E-state index in [1.54, 1.807) is 6.07 Å². The molecular formula is C25H28F3NO4. The first-order valence-electron chi connectivity index (χ1n) is 10.9. The van der Waals surface area contributed by atoms with Crippen LogP contribution in [-0.4, -0.2) is 17.7 Å². The lowest BCUT2D eigenvalue weighted by Gasteiger charge is -2.21. The van der Waals surface area contributed by atoms with Crippen LogP contribution >= 0.6 is 0 Å². The fraction of sp³-hybridized carbons (Fsp3) is 0.400. The molecule has 0 unspecified atom stereocenters. The molecule has 2 aromatic rings. The molecule has 1 fully saturated rings. The number of ether oxygens (including phenoxy) is 1. The van der Waals surface area contributed by atoms with Crippen molar-refractivity contribution < 1.29 is 32.6 Å². The summed E-state index contributed by atoms with van der Waals surface area (Å²) in [5.74, 6) is -0.155. The molecule has 8 heteroatoms. The Kier molecular flexibility index (Phi) is 8.38. The lowest BCUT2D eigenvalue weighted by Crippen LogP contribution is -2.16. The van der Waals surface area contributed by atoms with E-state index in [2.05, 4.69) is 11.6 Å². The summed E-state index contributed by atoms with van der Waals surface area (Å²) in [7, 11) is 0.